The maximum atomic E-state index is 6.92. The highest BCUT2D eigenvalue weighted by atomic mass is 32.1. The molecule has 0 atom stereocenters. The van der Waals surface area contributed by atoms with Crippen LogP contribution >= 0.6 is 11.3 Å². The molecule has 0 fully saturated rings. The molecule has 3 heterocycles. The molecule has 0 saturated heterocycles. The van der Waals surface area contributed by atoms with Crippen LogP contribution in [0.2, 0.25) is 0 Å². The first-order valence-electron chi connectivity index (χ1n) is 19.4. The summed E-state index contributed by atoms with van der Waals surface area (Å²) in [6.45, 7) is 0. The van der Waals surface area contributed by atoms with Crippen molar-refractivity contribution >= 4 is 148 Å². The van der Waals surface area contributed by atoms with Gasteiger partial charge in [-0.1, -0.05) is 102 Å². The number of thiophene rings is 1. The van der Waals surface area contributed by atoms with Gasteiger partial charge in [-0.3, -0.25) is 0 Å². The Morgan fingerprint density at radius 3 is 1.88 bits per heavy atom. The van der Waals surface area contributed by atoms with Gasteiger partial charge in [0.15, 0.2) is 5.58 Å². The Kier molecular flexibility index (Phi) is 8.61. The Hall–Kier alpha value is -6.76. The first-order chi connectivity index (χ1) is 29.3. The summed E-state index contributed by atoms with van der Waals surface area (Å²) in [6, 6.07) is 53.8. The molecule has 4 nitrogen and oxygen atoms in total. The minimum absolute atomic E-state index is 0.166. The molecule has 0 aliphatic carbocycles. The van der Waals surface area contributed by atoms with E-state index in [0.717, 1.165) is 61.2 Å². The second kappa shape index (κ2) is 14.2. The Balaban J connectivity index is 1.17. The molecule has 11 aromatic rings. The molecule has 0 amide bonds. The first kappa shape index (κ1) is 36.3. The second-order valence-electron chi connectivity index (χ2n) is 14.8. The maximum absolute atomic E-state index is 6.92. The van der Waals surface area contributed by atoms with Gasteiger partial charge in [-0.25, -0.2) is 9.97 Å². The third-order valence-corrected chi connectivity index (χ3v) is 12.5. The van der Waals surface area contributed by atoms with Crippen molar-refractivity contribution in [1.82, 2.24) is 9.97 Å². The summed E-state index contributed by atoms with van der Waals surface area (Å²) in [5.41, 5.74) is 11.2. The van der Waals surface area contributed by atoms with Crippen LogP contribution < -0.4 is 32.2 Å². The number of para-hydroxylation sites is 4. The average molecular weight is 771 g/mol. The van der Waals surface area contributed by atoms with Crippen molar-refractivity contribution in [2.24, 2.45) is 0 Å². The van der Waals surface area contributed by atoms with Crippen LogP contribution in [0.4, 0.5) is 17.1 Å². The standard InChI is InChI=1S/C50H26B5N3OS/c51-43-41(44(52)46(54)47(55)45(43)53)27-11-10-12-28(25-27)48-49(57-36-18-7-6-17-35(36)56-48)34-23-24-37(50-42(34)33-16-4-8-19-38(33)59-50)58(29-13-2-1-3-14-29)30-21-22-32-31-15-5-9-20-39(31)60-40(32)26-30/h1-26H. The Morgan fingerprint density at radius 2 is 1.10 bits per heavy atom. The molecule has 60 heavy (non-hydrogen) atoms. The van der Waals surface area contributed by atoms with E-state index in [9.17, 15) is 0 Å². The van der Waals surface area contributed by atoms with Crippen LogP contribution in [0, 0.1) is 0 Å². The van der Waals surface area contributed by atoms with E-state index >= 15 is 0 Å². The fourth-order valence-corrected chi connectivity index (χ4v) is 9.56. The molecule has 10 radical (unpaired) electrons. The number of nitrogens with zero attached hydrogens (tertiary/aromatic N) is 3. The number of benzene rings is 8. The van der Waals surface area contributed by atoms with Crippen molar-refractivity contribution in [3.05, 3.63) is 158 Å². The number of rotatable bonds is 6. The number of furan rings is 1. The lowest BCUT2D eigenvalue weighted by molar-refractivity contribution is 0.669. The van der Waals surface area contributed by atoms with Crippen LogP contribution in [-0.4, -0.2) is 49.2 Å². The highest BCUT2D eigenvalue weighted by molar-refractivity contribution is 7.25. The number of anilines is 3. The van der Waals surface area contributed by atoms with Gasteiger partial charge < -0.3 is 9.32 Å². The van der Waals surface area contributed by atoms with Gasteiger partial charge in [0.25, 0.3) is 0 Å². The predicted molar refractivity (Wildman–Crippen MR) is 258 cm³/mol. The lowest BCUT2D eigenvalue weighted by Crippen LogP contribution is -2.55. The molecule has 3 aromatic heterocycles. The summed E-state index contributed by atoms with van der Waals surface area (Å²) in [5.74, 6) is 0. The van der Waals surface area contributed by atoms with Gasteiger partial charge in [0.1, 0.15) is 44.8 Å². The summed E-state index contributed by atoms with van der Waals surface area (Å²) < 4.78 is 9.39. The Morgan fingerprint density at radius 1 is 0.467 bits per heavy atom. The third kappa shape index (κ3) is 5.73. The van der Waals surface area contributed by atoms with Gasteiger partial charge >= 0.3 is 0 Å². The zero-order valence-corrected chi connectivity index (χ0v) is 32.9. The summed E-state index contributed by atoms with van der Waals surface area (Å²) in [4.78, 5) is 12.9. The number of fused-ring (bicyclic) bond motifs is 7. The van der Waals surface area contributed by atoms with Crippen LogP contribution in [-0.2, 0) is 0 Å². The monoisotopic (exact) mass is 771 g/mol. The topological polar surface area (TPSA) is 42.2 Å². The average Bonchev–Trinajstić information content (AvgIpc) is 3.87. The van der Waals surface area contributed by atoms with Crippen molar-refractivity contribution in [3.63, 3.8) is 0 Å². The number of hydrogen-bond acceptors (Lipinski definition) is 5. The van der Waals surface area contributed by atoms with Crippen LogP contribution in [0.25, 0.3) is 86.8 Å². The van der Waals surface area contributed by atoms with Crippen LogP contribution in [0.5, 0.6) is 0 Å². The van der Waals surface area contributed by atoms with Gasteiger partial charge in [0.05, 0.1) is 28.1 Å². The molecule has 11 rings (SSSR count). The summed E-state index contributed by atoms with van der Waals surface area (Å²) in [5, 5.41) is 4.37. The molecule has 0 spiro atoms. The molecule has 0 unspecified atom stereocenters. The maximum Gasteiger partial charge on any atom is 0.160 e. The van der Waals surface area contributed by atoms with Crippen molar-refractivity contribution in [1.29, 1.82) is 0 Å². The lowest BCUT2D eigenvalue weighted by Gasteiger charge is -2.26. The van der Waals surface area contributed by atoms with E-state index < -0.39 is 0 Å². The van der Waals surface area contributed by atoms with Gasteiger partial charge in [-0.15, -0.1) is 27.7 Å². The molecule has 0 bridgehead atoms. The highest BCUT2D eigenvalue weighted by Crippen LogP contribution is 2.48. The van der Waals surface area contributed by atoms with E-state index in [4.69, 9.17) is 53.6 Å². The highest BCUT2D eigenvalue weighted by Gasteiger charge is 2.25. The largest absolute Gasteiger partial charge is 0.454 e. The van der Waals surface area contributed by atoms with E-state index in [2.05, 4.69) is 89.8 Å². The molecular weight excluding hydrogens is 745 g/mol. The minimum Gasteiger partial charge on any atom is -0.454 e. The van der Waals surface area contributed by atoms with E-state index in [1.807, 2.05) is 72.8 Å². The van der Waals surface area contributed by atoms with Crippen LogP contribution in [0.3, 0.4) is 0 Å². The SMILES string of the molecule is [B]c1c([B])c([B])c(-c2cccc(-c3nc4ccccc4nc3-c3ccc(N(c4ccccc4)c4ccc5c(c4)sc4ccccc45)c4oc5ccccc5c34)c2)c([B])c1[B]. The zero-order valence-electron chi connectivity index (χ0n) is 32.1. The smallest absolute Gasteiger partial charge is 0.160 e. The quantitative estimate of drug-likeness (QED) is 0.160. The Labute approximate surface area is 357 Å². The van der Waals surface area contributed by atoms with Crippen LogP contribution in [0.1, 0.15) is 0 Å². The second-order valence-corrected chi connectivity index (χ2v) is 15.9. The van der Waals surface area contributed by atoms with E-state index in [1.165, 1.54) is 20.2 Å². The summed E-state index contributed by atoms with van der Waals surface area (Å²) >= 11 is 1.80. The molecular formula is C50H26B5N3OS. The normalized spacial score (nSPS) is 11.7. The molecule has 0 aliphatic heterocycles. The van der Waals surface area contributed by atoms with E-state index in [1.54, 1.807) is 11.3 Å². The Bertz CT molecular complexity index is 3500. The minimum atomic E-state index is 0.166. The molecule has 268 valence electrons. The number of aromatic nitrogens is 2. The first-order valence-corrected chi connectivity index (χ1v) is 20.3. The van der Waals surface area contributed by atoms with Crippen molar-refractivity contribution in [3.8, 4) is 33.6 Å². The van der Waals surface area contributed by atoms with Crippen molar-refractivity contribution in [2.75, 3.05) is 4.90 Å². The lowest BCUT2D eigenvalue weighted by atomic mass is 9.59. The molecule has 10 heteroatoms. The van der Waals surface area contributed by atoms with Gasteiger partial charge in [-0.2, -0.15) is 0 Å². The fourth-order valence-electron chi connectivity index (χ4n) is 8.42. The number of hydrogen-bond donors (Lipinski definition) is 0. The van der Waals surface area contributed by atoms with E-state index in [0.29, 0.717) is 22.5 Å². The van der Waals surface area contributed by atoms with Crippen molar-refractivity contribution < 1.29 is 4.42 Å². The third-order valence-electron chi connectivity index (χ3n) is 11.3. The van der Waals surface area contributed by atoms with Gasteiger partial charge in [0, 0.05) is 53.4 Å². The molecule has 0 saturated carbocycles. The summed E-state index contributed by atoms with van der Waals surface area (Å²) in [6.07, 6.45) is 0. The van der Waals surface area contributed by atoms with Gasteiger partial charge in [-0.05, 0) is 77.9 Å². The van der Waals surface area contributed by atoms with E-state index in [-0.39, 0.29) is 27.3 Å². The molecule has 8 aromatic carbocycles. The van der Waals surface area contributed by atoms with Gasteiger partial charge in [0.2, 0.25) is 0 Å². The van der Waals surface area contributed by atoms with Crippen molar-refractivity contribution in [2.45, 2.75) is 0 Å². The predicted octanol–water partition coefficient (Wildman–Crippen LogP) is 8.34. The van der Waals surface area contributed by atoms with Crippen LogP contribution in [0.15, 0.2) is 162 Å². The molecule has 0 aliphatic rings. The fraction of sp³-hybridized carbons (Fsp3) is 0. The molecule has 0 N–H and O–H groups in total. The zero-order chi connectivity index (χ0) is 40.6. The summed E-state index contributed by atoms with van der Waals surface area (Å²) in [7, 11) is 31.9.